The molecule has 4 nitrogen and oxygen atoms in total. The topological polar surface area (TPSA) is 44.0 Å². The van der Waals surface area contributed by atoms with Crippen LogP contribution in [0.5, 0.6) is 0 Å². The normalized spacial score (nSPS) is 10.9. The van der Waals surface area contributed by atoms with Crippen molar-refractivity contribution in [2.45, 2.75) is 6.54 Å². The Bertz CT molecular complexity index is 1060. The number of hydrogen-bond donors (Lipinski definition) is 0. The van der Waals surface area contributed by atoms with Gasteiger partial charge < -0.3 is 0 Å². The predicted molar refractivity (Wildman–Crippen MR) is 91.8 cm³/mol. The van der Waals surface area contributed by atoms with Crippen molar-refractivity contribution in [2.75, 3.05) is 0 Å². The zero-order chi connectivity index (χ0) is 18.1. The number of aromatic nitrogens is 2. The van der Waals surface area contributed by atoms with Crippen LogP contribution in [0.3, 0.4) is 0 Å². The zero-order valence-corrected chi connectivity index (χ0v) is 14.1. The van der Waals surface area contributed by atoms with E-state index in [-0.39, 0.29) is 27.8 Å². The first kappa shape index (κ1) is 17.4. The monoisotopic (exact) mass is 382 g/mol. The fourth-order valence-electron chi connectivity index (χ4n) is 2.38. The van der Waals surface area contributed by atoms with Crippen molar-refractivity contribution in [2.24, 2.45) is 0 Å². The van der Waals surface area contributed by atoms with Crippen molar-refractivity contribution in [3.63, 3.8) is 0 Å². The molecule has 25 heavy (non-hydrogen) atoms. The van der Waals surface area contributed by atoms with E-state index in [2.05, 4.69) is 0 Å². The van der Waals surface area contributed by atoms with Crippen LogP contribution in [0.4, 0.5) is 8.78 Å². The van der Waals surface area contributed by atoms with Crippen molar-refractivity contribution in [1.82, 2.24) is 9.13 Å². The quantitative estimate of drug-likeness (QED) is 0.694. The summed E-state index contributed by atoms with van der Waals surface area (Å²) in [5.74, 6) is -1.51. The number of benzene rings is 2. The molecule has 0 aliphatic rings. The first-order valence-electron chi connectivity index (χ1n) is 7.09. The van der Waals surface area contributed by atoms with Crippen molar-refractivity contribution in [3.05, 3.63) is 96.7 Å². The van der Waals surface area contributed by atoms with Crippen LogP contribution in [0.1, 0.15) is 5.56 Å². The van der Waals surface area contributed by atoms with Crippen molar-refractivity contribution in [1.29, 1.82) is 0 Å². The first-order chi connectivity index (χ1) is 11.9. The van der Waals surface area contributed by atoms with E-state index in [1.807, 2.05) is 0 Å². The Morgan fingerprint density at radius 3 is 2.28 bits per heavy atom. The highest BCUT2D eigenvalue weighted by Gasteiger charge is 2.15. The Morgan fingerprint density at radius 1 is 0.960 bits per heavy atom. The van der Waals surface area contributed by atoms with Crippen molar-refractivity contribution >= 4 is 23.2 Å². The second-order valence-corrected chi connectivity index (χ2v) is 6.02. The van der Waals surface area contributed by atoms with Gasteiger partial charge in [0.25, 0.3) is 5.56 Å². The third kappa shape index (κ3) is 3.36. The van der Waals surface area contributed by atoms with Gasteiger partial charge in [0.2, 0.25) is 0 Å². The van der Waals surface area contributed by atoms with E-state index in [1.165, 1.54) is 24.4 Å². The van der Waals surface area contributed by atoms with Crippen LogP contribution in [-0.4, -0.2) is 9.13 Å². The molecule has 3 rings (SSSR count). The van der Waals surface area contributed by atoms with Gasteiger partial charge in [0.15, 0.2) is 0 Å². The standard InChI is InChI=1S/C17H10Cl2F2N2O2/c18-12-2-1-3-13(19)16(12)23-15(24)6-7-22(17(23)25)9-10-4-5-11(20)8-14(10)21/h1-8H,9H2. The van der Waals surface area contributed by atoms with Crippen LogP contribution in [0.15, 0.2) is 58.3 Å². The predicted octanol–water partition coefficient (Wildman–Crippen LogP) is 3.63. The lowest BCUT2D eigenvalue weighted by Crippen LogP contribution is -2.38. The van der Waals surface area contributed by atoms with Gasteiger partial charge >= 0.3 is 5.69 Å². The summed E-state index contributed by atoms with van der Waals surface area (Å²) in [4.78, 5) is 24.9. The van der Waals surface area contributed by atoms with Crippen LogP contribution < -0.4 is 11.2 Å². The van der Waals surface area contributed by atoms with E-state index < -0.39 is 22.9 Å². The number of rotatable bonds is 3. The smallest absolute Gasteiger partial charge is 0.296 e. The summed E-state index contributed by atoms with van der Waals surface area (Å²) < 4.78 is 28.8. The summed E-state index contributed by atoms with van der Waals surface area (Å²) in [5.41, 5.74) is -1.23. The summed E-state index contributed by atoms with van der Waals surface area (Å²) in [6, 6.07) is 8.75. The van der Waals surface area contributed by atoms with Gasteiger partial charge in [0, 0.05) is 23.9 Å². The Morgan fingerprint density at radius 2 is 1.64 bits per heavy atom. The number of para-hydroxylation sites is 1. The minimum absolute atomic E-state index is 0.0507. The van der Waals surface area contributed by atoms with E-state index in [0.717, 1.165) is 27.3 Å². The average Bonchev–Trinajstić information content (AvgIpc) is 2.55. The average molecular weight is 383 g/mol. The van der Waals surface area contributed by atoms with Crippen molar-refractivity contribution in [3.8, 4) is 5.69 Å². The molecular weight excluding hydrogens is 373 g/mol. The second-order valence-electron chi connectivity index (χ2n) is 5.21. The van der Waals surface area contributed by atoms with Crippen LogP contribution in [0, 0.1) is 11.6 Å². The van der Waals surface area contributed by atoms with Gasteiger partial charge in [-0.05, 0) is 18.2 Å². The first-order valence-corrected chi connectivity index (χ1v) is 7.85. The maximum Gasteiger partial charge on any atom is 0.336 e. The molecule has 0 amide bonds. The molecule has 0 unspecified atom stereocenters. The molecular formula is C17H10Cl2F2N2O2. The molecule has 0 radical (unpaired) electrons. The summed E-state index contributed by atoms with van der Waals surface area (Å²) in [5, 5.41) is 0.245. The third-order valence-corrected chi connectivity index (χ3v) is 4.18. The molecule has 128 valence electrons. The molecule has 1 heterocycles. The molecule has 0 aliphatic heterocycles. The Balaban J connectivity index is 2.16. The maximum atomic E-state index is 13.8. The highest BCUT2D eigenvalue weighted by molar-refractivity contribution is 6.37. The molecule has 0 spiro atoms. The van der Waals surface area contributed by atoms with Gasteiger partial charge in [-0.15, -0.1) is 0 Å². The molecule has 0 N–H and O–H groups in total. The van der Waals surface area contributed by atoms with Crippen LogP contribution in [-0.2, 0) is 6.54 Å². The van der Waals surface area contributed by atoms with Gasteiger partial charge in [0.05, 0.1) is 22.3 Å². The summed E-state index contributed by atoms with van der Waals surface area (Å²) in [6.45, 7) is -0.187. The molecule has 3 aromatic rings. The van der Waals surface area contributed by atoms with Crippen LogP contribution in [0.25, 0.3) is 5.69 Å². The largest absolute Gasteiger partial charge is 0.336 e. The molecule has 2 aromatic carbocycles. The van der Waals surface area contributed by atoms with Crippen LogP contribution >= 0.6 is 23.2 Å². The summed E-state index contributed by atoms with van der Waals surface area (Å²) in [7, 11) is 0. The summed E-state index contributed by atoms with van der Waals surface area (Å²) in [6.07, 6.45) is 1.23. The minimum atomic E-state index is -0.791. The zero-order valence-electron chi connectivity index (χ0n) is 12.5. The molecule has 8 heteroatoms. The number of hydrogen-bond acceptors (Lipinski definition) is 2. The van der Waals surface area contributed by atoms with E-state index in [4.69, 9.17) is 23.2 Å². The van der Waals surface area contributed by atoms with E-state index in [1.54, 1.807) is 6.07 Å². The molecule has 0 saturated heterocycles. The molecule has 1 aromatic heterocycles. The van der Waals surface area contributed by atoms with E-state index in [9.17, 15) is 18.4 Å². The van der Waals surface area contributed by atoms with Crippen LogP contribution in [0.2, 0.25) is 10.0 Å². The van der Waals surface area contributed by atoms with Crippen molar-refractivity contribution < 1.29 is 8.78 Å². The fourth-order valence-corrected chi connectivity index (χ4v) is 2.94. The van der Waals surface area contributed by atoms with E-state index in [0.29, 0.717) is 0 Å². The lowest BCUT2D eigenvalue weighted by atomic mass is 10.2. The van der Waals surface area contributed by atoms with Gasteiger partial charge in [-0.1, -0.05) is 35.3 Å². The number of halogens is 4. The van der Waals surface area contributed by atoms with Gasteiger partial charge in [-0.25, -0.2) is 18.1 Å². The highest BCUT2D eigenvalue weighted by atomic mass is 35.5. The molecule has 0 bridgehead atoms. The Kier molecular flexibility index (Phi) is 4.74. The van der Waals surface area contributed by atoms with Gasteiger partial charge in [0.1, 0.15) is 11.6 Å². The van der Waals surface area contributed by atoms with Gasteiger partial charge in [-0.3, -0.25) is 9.36 Å². The lowest BCUT2D eigenvalue weighted by molar-refractivity contribution is 0.560. The maximum absolute atomic E-state index is 13.8. The van der Waals surface area contributed by atoms with E-state index >= 15 is 0 Å². The molecule has 0 atom stereocenters. The molecule has 0 aliphatic carbocycles. The molecule has 0 fully saturated rings. The minimum Gasteiger partial charge on any atom is -0.296 e. The second kappa shape index (κ2) is 6.82. The lowest BCUT2D eigenvalue weighted by Gasteiger charge is -2.12. The highest BCUT2D eigenvalue weighted by Crippen LogP contribution is 2.26. The SMILES string of the molecule is O=c1ccn(Cc2ccc(F)cc2F)c(=O)n1-c1c(Cl)cccc1Cl. The molecule has 0 saturated carbocycles. The Labute approximate surface area is 150 Å². The summed E-state index contributed by atoms with van der Waals surface area (Å²) >= 11 is 12.1. The van der Waals surface area contributed by atoms with Gasteiger partial charge in [-0.2, -0.15) is 0 Å². The third-order valence-electron chi connectivity index (χ3n) is 3.57. The Hall–Kier alpha value is -2.44. The fraction of sp³-hybridized carbons (Fsp3) is 0.0588. The number of nitrogens with zero attached hydrogens (tertiary/aromatic N) is 2.